The molecule has 0 aromatic carbocycles. The van der Waals surface area contributed by atoms with Gasteiger partial charge in [0.05, 0.1) is 5.92 Å². The van der Waals surface area contributed by atoms with Crippen molar-refractivity contribution in [3.05, 3.63) is 11.6 Å². The van der Waals surface area contributed by atoms with E-state index in [0.717, 1.165) is 56.9 Å². The molecule has 0 aromatic rings. The number of imide groups is 1. The maximum atomic E-state index is 12.7. The summed E-state index contributed by atoms with van der Waals surface area (Å²) >= 11 is 0. The van der Waals surface area contributed by atoms with Crippen molar-refractivity contribution in [2.75, 3.05) is 0 Å². The van der Waals surface area contributed by atoms with Crippen LogP contribution in [-0.4, -0.2) is 28.5 Å². The normalized spacial score (nSPS) is 28.5. The van der Waals surface area contributed by atoms with Gasteiger partial charge in [-0.15, -0.1) is 0 Å². The molecule has 4 nitrogen and oxygen atoms in total. The molecule has 0 radical (unpaired) electrons. The molecule has 3 aliphatic rings. The zero-order valence-electron chi connectivity index (χ0n) is 14.1. The summed E-state index contributed by atoms with van der Waals surface area (Å²) in [5, 5.41) is 0. The lowest BCUT2D eigenvalue weighted by Crippen LogP contribution is -2.42. The summed E-state index contributed by atoms with van der Waals surface area (Å²) < 4.78 is 0. The molecule has 0 spiro atoms. The second-order valence-electron chi connectivity index (χ2n) is 7.21. The van der Waals surface area contributed by atoms with E-state index in [-0.39, 0.29) is 23.6 Å². The van der Waals surface area contributed by atoms with Crippen LogP contribution in [-0.2, 0) is 14.4 Å². The zero-order chi connectivity index (χ0) is 16.4. The van der Waals surface area contributed by atoms with E-state index >= 15 is 0 Å². The maximum Gasteiger partial charge on any atom is 0.241 e. The van der Waals surface area contributed by atoms with Crippen LogP contribution in [0.15, 0.2) is 11.6 Å². The lowest BCUT2D eigenvalue weighted by atomic mass is 9.94. The number of unbranched alkanes of at least 4 members (excludes halogenated alkanes) is 3. The van der Waals surface area contributed by atoms with Gasteiger partial charge in [0.2, 0.25) is 11.8 Å². The van der Waals surface area contributed by atoms with Crippen LogP contribution >= 0.6 is 0 Å². The first-order valence-corrected chi connectivity index (χ1v) is 9.27. The van der Waals surface area contributed by atoms with E-state index < -0.39 is 11.8 Å². The van der Waals surface area contributed by atoms with Crippen molar-refractivity contribution < 1.29 is 14.4 Å². The Balaban J connectivity index is 1.68. The summed E-state index contributed by atoms with van der Waals surface area (Å²) in [7, 11) is 0. The lowest BCUT2D eigenvalue weighted by Gasteiger charge is -2.30. The first-order chi connectivity index (χ1) is 11.1. The Labute approximate surface area is 138 Å². The van der Waals surface area contributed by atoms with Crippen molar-refractivity contribution in [2.24, 2.45) is 11.8 Å². The van der Waals surface area contributed by atoms with Gasteiger partial charge in [0.15, 0.2) is 5.78 Å². The summed E-state index contributed by atoms with van der Waals surface area (Å²) in [5.41, 5.74) is 0.723. The number of nitrogens with zero attached hydrogens (tertiary/aromatic N) is 1. The Hall–Kier alpha value is -1.45. The number of allylic oxidation sites excluding steroid dienone is 1. The van der Waals surface area contributed by atoms with Crippen molar-refractivity contribution >= 4 is 17.6 Å². The molecular weight excluding hydrogens is 290 g/mol. The van der Waals surface area contributed by atoms with Crippen LogP contribution in [0.2, 0.25) is 0 Å². The van der Waals surface area contributed by atoms with Crippen LogP contribution in [0.4, 0.5) is 0 Å². The molecule has 2 fully saturated rings. The number of amides is 2. The maximum absolute atomic E-state index is 12.7. The van der Waals surface area contributed by atoms with Gasteiger partial charge in [0.25, 0.3) is 0 Å². The van der Waals surface area contributed by atoms with Crippen molar-refractivity contribution in [1.82, 2.24) is 4.90 Å². The minimum atomic E-state index is -0.731. The molecule has 1 saturated heterocycles. The number of ketones is 1. The van der Waals surface area contributed by atoms with Gasteiger partial charge in [-0.25, -0.2) is 0 Å². The molecule has 2 amide bonds. The van der Waals surface area contributed by atoms with Crippen LogP contribution in [0.1, 0.15) is 71.1 Å². The highest BCUT2D eigenvalue weighted by Gasteiger charge is 2.55. The smallest absolute Gasteiger partial charge is 0.241 e. The van der Waals surface area contributed by atoms with Gasteiger partial charge in [0, 0.05) is 6.04 Å². The van der Waals surface area contributed by atoms with Crippen molar-refractivity contribution in [1.29, 1.82) is 0 Å². The Morgan fingerprint density at radius 1 is 1.00 bits per heavy atom. The highest BCUT2D eigenvalue weighted by molar-refractivity contribution is 6.22. The molecule has 4 heteroatoms. The van der Waals surface area contributed by atoms with Crippen LogP contribution in [0, 0.1) is 11.8 Å². The third-order valence-electron chi connectivity index (χ3n) is 5.60. The Morgan fingerprint density at radius 2 is 1.74 bits per heavy atom. The van der Waals surface area contributed by atoms with E-state index in [2.05, 4.69) is 6.92 Å². The minimum Gasteiger partial charge on any atom is -0.294 e. The fourth-order valence-electron chi connectivity index (χ4n) is 4.30. The predicted octanol–water partition coefficient (Wildman–Crippen LogP) is 3.40. The first-order valence-electron chi connectivity index (χ1n) is 9.27. The summed E-state index contributed by atoms with van der Waals surface area (Å²) in [6, 6.07) is 0.0311. The Kier molecular flexibility index (Phi) is 4.98. The number of hydrogen-bond donors (Lipinski definition) is 0. The predicted molar refractivity (Wildman–Crippen MR) is 87.6 cm³/mol. The molecule has 0 N–H and O–H groups in total. The van der Waals surface area contributed by atoms with Crippen LogP contribution in [0.5, 0.6) is 0 Å². The standard InChI is InChI=1S/C19H27NO3/c1-2-3-4-6-9-13-12-15-16(17(13)21)19(23)20(18(15)22)14-10-7-5-8-11-14/h12,14-16H,2-11H2,1H3/t15-,16-/m1/s1. The summed E-state index contributed by atoms with van der Waals surface area (Å²) in [4.78, 5) is 39.4. The zero-order valence-corrected chi connectivity index (χ0v) is 14.1. The molecule has 0 unspecified atom stereocenters. The molecule has 2 aliphatic carbocycles. The minimum absolute atomic E-state index is 0.0311. The van der Waals surface area contributed by atoms with Crippen molar-refractivity contribution in [3.8, 4) is 0 Å². The largest absolute Gasteiger partial charge is 0.294 e. The number of hydrogen-bond acceptors (Lipinski definition) is 3. The van der Waals surface area contributed by atoms with Gasteiger partial charge in [-0.2, -0.15) is 0 Å². The second-order valence-corrected chi connectivity index (χ2v) is 7.21. The second kappa shape index (κ2) is 6.98. The van der Waals surface area contributed by atoms with Crippen LogP contribution in [0.3, 0.4) is 0 Å². The molecule has 1 saturated carbocycles. The van der Waals surface area contributed by atoms with Crippen molar-refractivity contribution in [3.63, 3.8) is 0 Å². The molecule has 23 heavy (non-hydrogen) atoms. The third kappa shape index (κ3) is 3.00. The van der Waals surface area contributed by atoms with Crippen LogP contribution < -0.4 is 0 Å². The lowest BCUT2D eigenvalue weighted by molar-refractivity contribution is -0.143. The topological polar surface area (TPSA) is 54.5 Å². The van der Waals surface area contributed by atoms with E-state index in [1.54, 1.807) is 0 Å². The Morgan fingerprint density at radius 3 is 2.39 bits per heavy atom. The monoisotopic (exact) mass is 317 g/mol. The van der Waals surface area contributed by atoms with Gasteiger partial charge in [-0.1, -0.05) is 51.5 Å². The highest BCUT2D eigenvalue weighted by atomic mass is 16.2. The Bertz CT molecular complexity index is 531. The number of likely N-dealkylation sites (tertiary alicyclic amines) is 1. The fraction of sp³-hybridized carbons (Fsp3) is 0.737. The molecular formula is C19H27NO3. The number of rotatable bonds is 6. The molecule has 0 aromatic heterocycles. The molecule has 126 valence electrons. The first kappa shape index (κ1) is 16.4. The number of carbonyl (C=O) groups is 3. The van der Waals surface area contributed by atoms with Gasteiger partial charge < -0.3 is 0 Å². The van der Waals surface area contributed by atoms with E-state index in [1.165, 1.54) is 17.7 Å². The summed E-state index contributed by atoms with van der Waals surface area (Å²) in [5.74, 6) is -1.66. The van der Waals surface area contributed by atoms with E-state index in [9.17, 15) is 14.4 Å². The molecule has 3 rings (SSSR count). The molecule has 1 heterocycles. The number of Topliss-reactive ketones (excluding diaryl/α,β-unsaturated/α-hetero) is 1. The van der Waals surface area contributed by atoms with Gasteiger partial charge >= 0.3 is 0 Å². The fourth-order valence-corrected chi connectivity index (χ4v) is 4.30. The van der Waals surface area contributed by atoms with E-state index in [0.29, 0.717) is 0 Å². The average molecular weight is 317 g/mol. The molecule has 2 atom stereocenters. The highest BCUT2D eigenvalue weighted by Crippen LogP contribution is 2.40. The molecule has 0 bridgehead atoms. The average Bonchev–Trinajstić information content (AvgIpc) is 3.01. The van der Waals surface area contributed by atoms with E-state index in [1.807, 2.05) is 6.08 Å². The SMILES string of the molecule is CCCCCCC1=C[C@H]2C(=O)N(C3CCCCC3)C(=O)[C@H]2C1=O. The van der Waals surface area contributed by atoms with Gasteiger partial charge in [-0.05, 0) is 31.3 Å². The van der Waals surface area contributed by atoms with E-state index in [4.69, 9.17) is 0 Å². The third-order valence-corrected chi connectivity index (χ3v) is 5.60. The van der Waals surface area contributed by atoms with Gasteiger partial charge in [-0.3, -0.25) is 19.3 Å². The molecule has 1 aliphatic heterocycles. The quantitative estimate of drug-likeness (QED) is 0.428. The summed E-state index contributed by atoms with van der Waals surface area (Å²) in [6.45, 7) is 2.15. The van der Waals surface area contributed by atoms with Crippen molar-refractivity contribution in [2.45, 2.75) is 77.2 Å². The van der Waals surface area contributed by atoms with Gasteiger partial charge in [0.1, 0.15) is 5.92 Å². The van der Waals surface area contributed by atoms with Crippen LogP contribution in [0.25, 0.3) is 0 Å². The number of carbonyl (C=O) groups excluding carboxylic acids is 3. The number of fused-ring (bicyclic) bond motifs is 1. The summed E-state index contributed by atoms with van der Waals surface area (Å²) in [6.07, 6.45) is 12.1.